The summed E-state index contributed by atoms with van der Waals surface area (Å²) in [5.74, 6) is -1.43. The van der Waals surface area contributed by atoms with E-state index in [1.165, 1.54) is 6.07 Å². The van der Waals surface area contributed by atoms with Crippen molar-refractivity contribution in [2.24, 2.45) is 0 Å². The number of nitrogens with one attached hydrogen (secondary N) is 1. The number of aryl methyl sites for hydroxylation is 1. The summed E-state index contributed by atoms with van der Waals surface area (Å²) in [6, 6.07) is 8.68. The van der Waals surface area contributed by atoms with Crippen molar-refractivity contribution in [3.05, 3.63) is 47.3 Å². The first-order valence-electron chi connectivity index (χ1n) is 6.31. The Morgan fingerprint density at radius 1 is 1.19 bits per heavy atom. The van der Waals surface area contributed by atoms with Crippen LogP contribution < -0.4 is 11.1 Å². The minimum atomic E-state index is -4.63. The highest BCUT2D eigenvalue weighted by Gasteiger charge is 2.35. The van der Waals surface area contributed by atoms with Crippen LogP contribution >= 0.6 is 0 Å². The van der Waals surface area contributed by atoms with Crippen molar-refractivity contribution >= 4 is 11.6 Å². The van der Waals surface area contributed by atoms with Crippen LogP contribution in [-0.4, -0.2) is 9.97 Å². The molecule has 0 saturated heterocycles. The first-order chi connectivity index (χ1) is 9.77. The standard InChI is InChI=1S/C14H15F3N4/c1-8-5-3-4-6-10(8)9(2)19-12-7-11(18)20-13(21-12)14(15,16)17/h3-7,9H,1-2H3,(H3,18,19,20,21). The van der Waals surface area contributed by atoms with E-state index in [-0.39, 0.29) is 17.7 Å². The largest absolute Gasteiger partial charge is 0.451 e. The van der Waals surface area contributed by atoms with Crippen LogP contribution in [-0.2, 0) is 6.18 Å². The number of halogens is 3. The van der Waals surface area contributed by atoms with Crippen molar-refractivity contribution in [2.45, 2.75) is 26.1 Å². The van der Waals surface area contributed by atoms with Crippen LogP contribution in [0.1, 0.15) is 29.9 Å². The molecule has 2 aromatic rings. The number of nitrogen functional groups attached to an aromatic ring is 1. The van der Waals surface area contributed by atoms with E-state index in [2.05, 4.69) is 15.3 Å². The molecule has 7 heteroatoms. The zero-order valence-corrected chi connectivity index (χ0v) is 11.6. The van der Waals surface area contributed by atoms with Crippen LogP contribution in [0, 0.1) is 6.92 Å². The molecule has 112 valence electrons. The zero-order valence-electron chi connectivity index (χ0n) is 11.6. The molecular weight excluding hydrogens is 281 g/mol. The first-order valence-corrected chi connectivity index (χ1v) is 6.31. The van der Waals surface area contributed by atoms with Gasteiger partial charge in [-0.3, -0.25) is 0 Å². The highest BCUT2D eigenvalue weighted by molar-refractivity contribution is 5.47. The minimum absolute atomic E-state index is 0.0468. The predicted octanol–water partition coefficient (Wildman–Crippen LogP) is 3.56. The lowest BCUT2D eigenvalue weighted by Crippen LogP contribution is -2.16. The Labute approximate surface area is 120 Å². The summed E-state index contributed by atoms with van der Waals surface area (Å²) >= 11 is 0. The molecule has 0 amide bonds. The molecule has 0 spiro atoms. The van der Waals surface area contributed by atoms with Crippen LogP contribution in [0.5, 0.6) is 0 Å². The average Bonchev–Trinajstić information content (AvgIpc) is 2.37. The van der Waals surface area contributed by atoms with Crippen LogP contribution in [0.3, 0.4) is 0 Å². The Bertz CT molecular complexity index is 640. The number of rotatable bonds is 3. The third-order valence-corrected chi connectivity index (χ3v) is 3.02. The van der Waals surface area contributed by atoms with Gasteiger partial charge in [-0.1, -0.05) is 24.3 Å². The molecule has 0 bridgehead atoms. The Kier molecular flexibility index (Phi) is 4.02. The van der Waals surface area contributed by atoms with Crippen molar-refractivity contribution in [3.8, 4) is 0 Å². The van der Waals surface area contributed by atoms with E-state index in [1.54, 1.807) is 0 Å². The van der Waals surface area contributed by atoms with Crippen molar-refractivity contribution in [1.82, 2.24) is 9.97 Å². The van der Waals surface area contributed by atoms with E-state index in [0.29, 0.717) is 0 Å². The molecule has 4 nitrogen and oxygen atoms in total. The maximum Gasteiger partial charge on any atom is 0.451 e. The molecule has 1 unspecified atom stereocenters. The SMILES string of the molecule is Cc1ccccc1C(C)Nc1cc(N)nc(C(F)(F)F)n1. The van der Waals surface area contributed by atoms with Crippen LogP contribution in [0.15, 0.2) is 30.3 Å². The molecule has 0 fully saturated rings. The lowest BCUT2D eigenvalue weighted by Gasteiger charge is -2.18. The second-order valence-electron chi connectivity index (χ2n) is 4.72. The van der Waals surface area contributed by atoms with Gasteiger partial charge in [-0.05, 0) is 25.0 Å². The summed E-state index contributed by atoms with van der Waals surface area (Å²) in [5.41, 5.74) is 7.42. The molecule has 1 heterocycles. The van der Waals surface area contributed by atoms with Crippen LogP contribution in [0.2, 0.25) is 0 Å². The molecule has 0 aliphatic heterocycles. The van der Waals surface area contributed by atoms with Gasteiger partial charge in [0.2, 0.25) is 5.82 Å². The first kappa shape index (κ1) is 15.1. The molecule has 1 atom stereocenters. The number of aromatic nitrogens is 2. The number of benzene rings is 1. The van der Waals surface area contributed by atoms with E-state index >= 15 is 0 Å². The van der Waals surface area contributed by atoms with Gasteiger partial charge in [0.05, 0.1) is 6.04 Å². The second-order valence-corrected chi connectivity index (χ2v) is 4.72. The lowest BCUT2D eigenvalue weighted by molar-refractivity contribution is -0.144. The zero-order chi connectivity index (χ0) is 15.6. The Balaban J connectivity index is 2.28. The van der Waals surface area contributed by atoms with Gasteiger partial charge in [-0.25, -0.2) is 9.97 Å². The molecule has 0 saturated carbocycles. The maximum atomic E-state index is 12.7. The van der Waals surface area contributed by atoms with Gasteiger partial charge in [0, 0.05) is 6.07 Å². The topological polar surface area (TPSA) is 63.8 Å². The third-order valence-electron chi connectivity index (χ3n) is 3.02. The van der Waals surface area contributed by atoms with Gasteiger partial charge in [-0.15, -0.1) is 0 Å². The minimum Gasteiger partial charge on any atom is -0.384 e. The molecule has 21 heavy (non-hydrogen) atoms. The van der Waals surface area contributed by atoms with Crippen molar-refractivity contribution in [3.63, 3.8) is 0 Å². The Morgan fingerprint density at radius 3 is 2.48 bits per heavy atom. The highest BCUT2D eigenvalue weighted by Crippen LogP contribution is 2.29. The summed E-state index contributed by atoms with van der Waals surface area (Å²) in [4.78, 5) is 6.68. The monoisotopic (exact) mass is 296 g/mol. The van der Waals surface area contributed by atoms with E-state index in [1.807, 2.05) is 38.1 Å². The summed E-state index contributed by atoms with van der Waals surface area (Å²) in [7, 11) is 0. The number of anilines is 2. The maximum absolute atomic E-state index is 12.7. The fraction of sp³-hybridized carbons (Fsp3) is 0.286. The molecular formula is C14H15F3N4. The number of hydrogen-bond donors (Lipinski definition) is 2. The lowest BCUT2D eigenvalue weighted by atomic mass is 10.0. The van der Waals surface area contributed by atoms with Gasteiger partial charge in [-0.2, -0.15) is 13.2 Å². The Hall–Kier alpha value is -2.31. The van der Waals surface area contributed by atoms with Gasteiger partial charge < -0.3 is 11.1 Å². The molecule has 1 aromatic carbocycles. The molecule has 3 N–H and O–H groups in total. The number of alkyl halides is 3. The molecule has 0 aliphatic rings. The summed E-state index contributed by atoms with van der Waals surface area (Å²) in [6.45, 7) is 3.77. The smallest absolute Gasteiger partial charge is 0.384 e. The van der Waals surface area contributed by atoms with E-state index in [0.717, 1.165) is 11.1 Å². The van der Waals surface area contributed by atoms with Crippen molar-refractivity contribution < 1.29 is 13.2 Å². The molecule has 0 aliphatic carbocycles. The van der Waals surface area contributed by atoms with Gasteiger partial charge in [0.15, 0.2) is 0 Å². The molecule has 2 rings (SSSR count). The van der Waals surface area contributed by atoms with Gasteiger partial charge >= 0.3 is 6.18 Å². The van der Waals surface area contributed by atoms with Gasteiger partial charge in [0.1, 0.15) is 11.6 Å². The van der Waals surface area contributed by atoms with Crippen LogP contribution in [0.25, 0.3) is 0 Å². The quantitative estimate of drug-likeness (QED) is 0.909. The summed E-state index contributed by atoms with van der Waals surface area (Å²) in [5, 5.41) is 2.92. The fourth-order valence-corrected chi connectivity index (χ4v) is 2.04. The number of nitrogens with zero attached hydrogens (tertiary/aromatic N) is 2. The highest BCUT2D eigenvalue weighted by atomic mass is 19.4. The third kappa shape index (κ3) is 3.62. The predicted molar refractivity (Wildman–Crippen MR) is 74.7 cm³/mol. The van der Waals surface area contributed by atoms with E-state index in [9.17, 15) is 13.2 Å². The van der Waals surface area contributed by atoms with E-state index in [4.69, 9.17) is 5.73 Å². The summed E-state index contributed by atoms with van der Waals surface area (Å²) < 4.78 is 38.0. The van der Waals surface area contributed by atoms with Crippen LogP contribution in [0.4, 0.5) is 24.8 Å². The fourth-order valence-electron chi connectivity index (χ4n) is 2.04. The Morgan fingerprint density at radius 2 is 1.86 bits per heavy atom. The normalized spacial score (nSPS) is 13.0. The molecule has 0 radical (unpaired) electrons. The van der Waals surface area contributed by atoms with Gasteiger partial charge in [0.25, 0.3) is 0 Å². The van der Waals surface area contributed by atoms with Crippen molar-refractivity contribution in [2.75, 3.05) is 11.1 Å². The second kappa shape index (κ2) is 5.59. The number of hydrogen-bond acceptors (Lipinski definition) is 4. The number of nitrogens with two attached hydrogens (primary N) is 1. The average molecular weight is 296 g/mol. The summed E-state index contributed by atoms with van der Waals surface area (Å²) in [6.07, 6.45) is -4.63. The molecule has 1 aromatic heterocycles. The van der Waals surface area contributed by atoms with E-state index < -0.39 is 12.0 Å². The van der Waals surface area contributed by atoms with Crippen molar-refractivity contribution in [1.29, 1.82) is 0 Å².